The molecule has 1 aromatic carbocycles. The maximum atomic E-state index is 12.4. The van der Waals surface area contributed by atoms with E-state index in [0.29, 0.717) is 16.5 Å². The normalized spacial score (nSPS) is 24.0. The van der Waals surface area contributed by atoms with Gasteiger partial charge in [-0.25, -0.2) is 0 Å². The minimum Gasteiger partial charge on any atom is -0.369 e. The number of anilines is 1. The van der Waals surface area contributed by atoms with Crippen molar-refractivity contribution in [3.05, 3.63) is 33.9 Å². The number of benzene rings is 1. The molecule has 1 N–H and O–H groups in total. The molecule has 1 atom stereocenters. The number of carbonyl (C=O) groups excluding carboxylic acids is 2. The maximum absolute atomic E-state index is 12.4. The zero-order valence-corrected chi connectivity index (χ0v) is 17.1. The first-order valence-electron chi connectivity index (χ1n) is 8.45. The summed E-state index contributed by atoms with van der Waals surface area (Å²) in [6.45, 7) is 6.60. The largest absolute Gasteiger partial charge is 0.369 e. The predicted octanol–water partition coefficient (Wildman–Crippen LogP) is 3.32. The van der Waals surface area contributed by atoms with E-state index < -0.39 is 11.8 Å². The number of likely N-dealkylation sites (N-methyl/N-ethyl adjacent to an activating group) is 1. The zero-order valence-electron chi connectivity index (χ0n) is 15.5. The van der Waals surface area contributed by atoms with Crippen molar-refractivity contribution in [2.75, 3.05) is 19.0 Å². The van der Waals surface area contributed by atoms with Crippen LogP contribution in [-0.4, -0.2) is 41.5 Å². The first-order valence-corrected chi connectivity index (χ1v) is 9.24. The summed E-state index contributed by atoms with van der Waals surface area (Å²) in [5.41, 5.74) is 2.97. The van der Waals surface area contributed by atoms with Crippen LogP contribution in [0.3, 0.4) is 0 Å². The Morgan fingerprint density at radius 3 is 2.62 bits per heavy atom. The Morgan fingerprint density at radius 1 is 1.31 bits per heavy atom. The van der Waals surface area contributed by atoms with Crippen LogP contribution < -0.4 is 10.2 Å². The Bertz CT molecular complexity index is 863. The van der Waals surface area contributed by atoms with Gasteiger partial charge in [0.2, 0.25) is 0 Å². The molecule has 1 aromatic rings. The molecular formula is C19H22ClN3O2S. The lowest BCUT2D eigenvalue weighted by Gasteiger charge is -2.45. The van der Waals surface area contributed by atoms with Crippen molar-refractivity contribution < 1.29 is 9.59 Å². The molecule has 2 heterocycles. The van der Waals surface area contributed by atoms with E-state index in [-0.39, 0.29) is 16.2 Å². The van der Waals surface area contributed by atoms with Crippen molar-refractivity contribution in [2.24, 2.45) is 0 Å². The van der Waals surface area contributed by atoms with Crippen molar-refractivity contribution in [3.8, 4) is 0 Å². The Hall–Kier alpha value is -1.92. The van der Waals surface area contributed by atoms with E-state index in [0.717, 1.165) is 17.7 Å². The SMILES string of the molecule is C[C@@H]1CC(C)(C)N(C)c2cc(Cl)c(/C=C3\C(=O)NC(=S)N(C)C3=O)cc21. The van der Waals surface area contributed by atoms with Crippen molar-refractivity contribution in [3.63, 3.8) is 0 Å². The van der Waals surface area contributed by atoms with E-state index in [9.17, 15) is 9.59 Å². The molecule has 0 bridgehead atoms. The van der Waals surface area contributed by atoms with Crippen LogP contribution in [0.5, 0.6) is 0 Å². The fourth-order valence-corrected chi connectivity index (χ4v) is 4.00. The van der Waals surface area contributed by atoms with Gasteiger partial charge in [0.15, 0.2) is 5.11 Å². The highest BCUT2D eigenvalue weighted by molar-refractivity contribution is 7.80. The first kappa shape index (κ1) is 18.9. The van der Waals surface area contributed by atoms with Crippen LogP contribution in [0.25, 0.3) is 6.08 Å². The molecule has 0 unspecified atom stereocenters. The standard InChI is InChI=1S/C19H22ClN3O2S/c1-10-9-19(2,3)23(5)15-8-14(20)11(6-12(10)15)7-13-16(24)21-18(26)22(4)17(13)25/h6-8,10H,9H2,1-5H3,(H,21,24,26)/b13-7+/t10-/m1/s1. The maximum Gasteiger partial charge on any atom is 0.265 e. The van der Waals surface area contributed by atoms with Crippen molar-refractivity contribution in [1.82, 2.24) is 10.2 Å². The predicted molar refractivity (Wildman–Crippen MR) is 108 cm³/mol. The molecule has 0 radical (unpaired) electrons. The average molecular weight is 392 g/mol. The summed E-state index contributed by atoms with van der Waals surface area (Å²) in [7, 11) is 3.60. The number of hydrogen-bond donors (Lipinski definition) is 1. The van der Waals surface area contributed by atoms with Crippen LogP contribution in [0.15, 0.2) is 17.7 Å². The lowest BCUT2D eigenvalue weighted by molar-refractivity contribution is -0.128. The van der Waals surface area contributed by atoms with E-state index in [1.54, 1.807) is 6.08 Å². The molecule has 26 heavy (non-hydrogen) atoms. The lowest BCUT2D eigenvalue weighted by Crippen LogP contribution is -2.52. The van der Waals surface area contributed by atoms with Gasteiger partial charge < -0.3 is 4.90 Å². The lowest BCUT2D eigenvalue weighted by atomic mass is 9.80. The number of hydrogen-bond acceptors (Lipinski definition) is 4. The van der Waals surface area contributed by atoms with Gasteiger partial charge >= 0.3 is 0 Å². The molecule has 3 rings (SSSR count). The third-order valence-electron chi connectivity index (χ3n) is 5.36. The molecule has 0 spiro atoms. The topological polar surface area (TPSA) is 52.7 Å². The Labute approximate surface area is 164 Å². The van der Waals surface area contributed by atoms with Crippen molar-refractivity contribution in [1.29, 1.82) is 0 Å². The minimum atomic E-state index is -0.502. The Kier molecular flexibility index (Phi) is 4.61. The quantitative estimate of drug-likeness (QED) is 0.453. The average Bonchev–Trinajstić information content (AvgIpc) is 2.55. The summed E-state index contributed by atoms with van der Waals surface area (Å²) in [6.07, 6.45) is 2.55. The molecule has 0 saturated carbocycles. The first-order chi connectivity index (χ1) is 12.0. The van der Waals surface area contributed by atoms with E-state index in [1.807, 2.05) is 12.1 Å². The number of nitrogens with one attached hydrogen (secondary N) is 1. The molecule has 1 fully saturated rings. The van der Waals surface area contributed by atoms with Gasteiger partial charge in [-0.1, -0.05) is 18.5 Å². The molecule has 5 nitrogen and oxygen atoms in total. The van der Waals surface area contributed by atoms with Crippen LogP contribution in [0.2, 0.25) is 5.02 Å². The van der Waals surface area contributed by atoms with Gasteiger partial charge in [-0.15, -0.1) is 0 Å². The molecule has 2 aliphatic rings. The van der Waals surface area contributed by atoms with Crippen molar-refractivity contribution in [2.45, 2.75) is 38.6 Å². The Morgan fingerprint density at radius 2 is 1.96 bits per heavy atom. The van der Waals surface area contributed by atoms with Gasteiger partial charge in [0.1, 0.15) is 5.57 Å². The fraction of sp³-hybridized carbons (Fsp3) is 0.421. The minimum absolute atomic E-state index is 0.0279. The Balaban J connectivity index is 2.08. The monoisotopic (exact) mass is 391 g/mol. The van der Waals surface area contributed by atoms with Crippen molar-refractivity contribution >= 4 is 52.5 Å². The molecule has 2 aliphatic heterocycles. The van der Waals surface area contributed by atoms with Gasteiger partial charge in [-0.05, 0) is 67.7 Å². The fourth-order valence-electron chi connectivity index (χ4n) is 3.62. The molecule has 0 aromatic heterocycles. The third kappa shape index (κ3) is 3.01. The van der Waals surface area contributed by atoms with Gasteiger partial charge in [0, 0.05) is 30.3 Å². The van der Waals surface area contributed by atoms with Gasteiger partial charge in [-0.3, -0.25) is 19.8 Å². The van der Waals surface area contributed by atoms with Gasteiger partial charge in [-0.2, -0.15) is 0 Å². The number of rotatable bonds is 1. The number of nitrogens with zero attached hydrogens (tertiary/aromatic N) is 2. The van der Waals surface area contributed by atoms with Crippen LogP contribution in [-0.2, 0) is 9.59 Å². The smallest absolute Gasteiger partial charge is 0.265 e. The van der Waals surface area contributed by atoms with E-state index in [4.69, 9.17) is 23.8 Å². The second kappa shape index (κ2) is 6.35. The molecule has 138 valence electrons. The summed E-state index contributed by atoms with van der Waals surface area (Å²) >= 11 is 11.5. The summed E-state index contributed by atoms with van der Waals surface area (Å²) in [4.78, 5) is 28.1. The third-order valence-corrected chi connectivity index (χ3v) is 6.06. The summed E-state index contributed by atoms with van der Waals surface area (Å²) in [5.74, 6) is -0.589. The summed E-state index contributed by atoms with van der Waals surface area (Å²) < 4.78 is 0. The molecule has 2 amide bonds. The molecule has 7 heteroatoms. The number of halogens is 1. The highest BCUT2D eigenvalue weighted by atomic mass is 35.5. The van der Waals surface area contributed by atoms with Crippen LogP contribution >= 0.6 is 23.8 Å². The molecular weight excluding hydrogens is 370 g/mol. The van der Waals surface area contributed by atoms with E-state index >= 15 is 0 Å². The van der Waals surface area contributed by atoms with Crippen LogP contribution in [0, 0.1) is 0 Å². The summed E-state index contributed by atoms with van der Waals surface area (Å²) in [6, 6.07) is 3.90. The van der Waals surface area contributed by atoms with E-state index in [2.05, 4.69) is 38.0 Å². The number of amides is 2. The number of fused-ring (bicyclic) bond motifs is 1. The second-order valence-corrected chi connectivity index (χ2v) is 8.38. The number of carbonyl (C=O) groups is 2. The summed E-state index contributed by atoms with van der Waals surface area (Å²) in [5, 5.41) is 3.12. The van der Waals surface area contributed by atoms with E-state index in [1.165, 1.54) is 11.9 Å². The van der Waals surface area contributed by atoms with Gasteiger partial charge in [0.25, 0.3) is 11.8 Å². The van der Waals surface area contributed by atoms with Gasteiger partial charge in [0.05, 0.1) is 0 Å². The van der Waals surface area contributed by atoms with Crippen LogP contribution in [0.4, 0.5) is 5.69 Å². The van der Waals surface area contributed by atoms with Crippen LogP contribution in [0.1, 0.15) is 44.2 Å². The molecule has 0 aliphatic carbocycles. The zero-order chi connectivity index (χ0) is 19.4. The number of thiocarbonyl (C=S) groups is 1. The highest BCUT2D eigenvalue weighted by Crippen LogP contribution is 2.44. The second-order valence-electron chi connectivity index (χ2n) is 7.59. The highest BCUT2D eigenvalue weighted by Gasteiger charge is 2.35. The molecule has 1 saturated heterocycles.